The lowest BCUT2D eigenvalue weighted by molar-refractivity contribution is 0.366. The van der Waals surface area contributed by atoms with Gasteiger partial charge in [-0.15, -0.1) is 0 Å². The number of benzene rings is 1. The normalized spacial score (nSPS) is 17.3. The molecule has 1 saturated heterocycles. The maximum Gasteiger partial charge on any atom is 0.216 e. The minimum atomic E-state index is -0.481. The average molecular weight is 314 g/mol. The lowest BCUT2D eigenvalue weighted by Gasteiger charge is -2.28. The molecule has 23 heavy (non-hydrogen) atoms. The van der Waals surface area contributed by atoms with E-state index in [1.807, 2.05) is 20.0 Å². The van der Waals surface area contributed by atoms with E-state index in [1.54, 1.807) is 23.9 Å². The van der Waals surface area contributed by atoms with Gasteiger partial charge in [0.05, 0.1) is 30.1 Å². The number of hydrogen-bond donors (Lipinski definition) is 0. The molecule has 1 aromatic carbocycles. The summed E-state index contributed by atoms with van der Waals surface area (Å²) < 4.78 is 21.2. The largest absolute Gasteiger partial charge is 0.481 e. The number of aromatic nitrogens is 2. The number of aryl methyl sites for hydroxylation is 2. The van der Waals surface area contributed by atoms with E-state index in [-0.39, 0.29) is 11.6 Å². The van der Waals surface area contributed by atoms with Gasteiger partial charge in [0.15, 0.2) is 0 Å². The summed E-state index contributed by atoms with van der Waals surface area (Å²) in [4.78, 5) is 2.09. The molecule has 0 spiro atoms. The highest BCUT2D eigenvalue weighted by atomic mass is 19.1. The zero-order valence-corrected chi connectivity index (χ0v) is 13.5. The standard InChI is InChI=1S/C17H19FN4O/c1-11-16(17(23-3)21(2)20-11)15-8-5-9-22(15)14-7-4-6-13(18)12(14)10-19/h4,6-7,15H,5,8-9H2,1-3H3/t15-/m1/s1. The zero-order chi connectivity index (χ0) is 16.6. The van der Waals surface area contributed by atoms with Gasteiger partial charge in [-0.25, -0.2) is 9.07 Å². The maximum absolute atomic E-state index is 14.0. The summed E-state index contributed by atoms with van der Waals surface area (Å²) >= 11 is 0. The number of anilines is 1. The Morgan fingerprint density at radius 2 is 2.22 bits per heavy atom. The lowest BCUT2D eigenvalue weighted by atomic mass is 10.0. The first-order valence-corrected chi connectivity index (χ1v) is 7.61. The fourth-order valence-corrected chi connectivity index (χ4v) is 3.50. The molecule has 0 bridgehead atoms. The molecule has 0 unspecified atom stereocenters. The van der Waals surface area contributed by atoms with Crippen LogP contribution in [0.5, 0.6) is 5.88 Å². The van der Waals surface area contributed by atoms with Gasteiger partial charge in [0, 0.05) is 13.6 Å². The van der Waals surface area contributed by atoms with Crippen LogP contribution < -0.4 is 9.64 Å². The van der Waals surface area contributed by atoms with Gasteiger partial charge in [-0.2, -0.15) is 10.4 Å². The van der Waals surface area contributed by atoms with Gasteiger partial charge >= 0.3 is 0 Å². The van der Waals surface area contributed by atoms with Crippen LogP contribution >= 0.6 is 0 Å². The van der Waals surface area contributed by atoms with Gasteiger partial charge in [-0.3, -0.25) is 0 Å². The third-order valence-corrected chi connectivity index (χ3v) is 4.41. The Balaban J connectivity index is 2.09. The molecule has 1 aromatic heterocycles. The highest BCUT2D eigenvalue weighted by Gasteiger charge is 2.33. The van der Waals surface area contributed by atoms with E-state index in [0.717, 1.165) is 30.6 Å². The molecule has 6 heteroatoms. The number of nitrogens with zero attached hydrogens (tertiary/aromatic N) is 4. The van der Waals surface area contributed by atoms with Crippen LogP contribution in [-0.2, 0) is 7.05 Å². The van der Waals surface area contributed by atoms with E-state index in [1.165, 1.54) is 6.07 Å². The molecule has 0 aliphatic carbocycles. The van der Waals surface area contributed by atoms with E-state index >= 15 is 0 Å². The summed E-state index contributed by atoms with van der Waals surface area (Å²) in [6.45, 7) is 2.73. The van der Waals surface area contributed by atoms with E-state index in [4.69, 9.17) is 4.74 Å². The number of methoxy groups -OCH3 is 1. The Morgan fingerprint density at radius 3 is 2.91 bits per heavy atom. The van der Waals surface area contributed by atoms with Crippen molar-refractivity contribution in [2.45, 2.75) is 25.8 Å². The van der Waals surface area contributed by atoms with Crippen LogP contribution in [0.15, 0.2) is 18.2 Å². The van der Waals surface area contributed by atoms with Crippen molar-refractivity contribution in [3.8, 4) is 11.9 Å². The second kappa shape index (κ2) is 5.92. The SMILES string of the molecule is COc1c([C@H]2CCCN2c2cccc(F)c2C#N)c(C)nn1C. The average Bonchev–Trinajstić information content (AvgIpc) is 3.10. The van der Waals surface area contributed by atoms with Crippen LogP contribution in [-0.4, -0.2) is 23.4 Å². The molecular formula is C17H19FN4O. The Bertz CT molecular complexity index is 778. The third kappa shape index (κ3) is 2.42. The summed E-state index contributed by atoms with van der Waals surface area (Å²) in [7, 11) is 3.47. The van der Waals surface area contributed by atoms with Crippen LogP contribution in [0.2, 0.25) is 0 Å². The summed E-state index contributed by atoms with van der Waals surface area (Å²) in [5.74, 6) is 0.236. The van der Waals surface area contributed by atoms with Gasteiger partial charge in [0.1, 0.15) is 17.4 Å². The molecule has 0 radical (unpaired) electrons. The lowest BCUT2D eigenvalue weighted by Crippen LogP contribution is -2.24. The van der Waals surface area contributed by atoms with E-state index in [2.05, 4.69) is 10.00 Å². The number of hydrogen-bond acceptors (Lipinski definition) is 4. The molecule has 1 atom stereocenters. The van der Waals surface area contributed by atoms with E-state index in [9.17, 15) is 9.65 Å². The highest BCUT2D eigenvalue weighted by molar-refractivity contribution is 5.62. The number of ether oxygens (including phenoxy) is 1. The van der Waals surface area contributed by atoms with Crippen molar-refractivity contribution < 1.29 is 9.13 Å². The molecule has 2 heterocycles. The zero-order valence-electron chi connectivity index (χ0n) is 13.5. The molecule has 0 amide bonds. The first-order valence-electron chi connectivity index (χ1n) is 7.61. The van der Waals surface area contributed by atoms with Crippen LogP contribution in [0.3, 0.4) is 0 Å². The smallest absolute Gasteiger partial charge is 0.216 e. The molecule has 3 rings (SSSR count). The molecule has 1 aliphatic rings. The second-order valence-corrected chi connectivity index (χ2v) is 5.73. The molecular weight excluding hydrogens is 295 g/mol. The van der Waals surface area contributed by atoms with Gasteiger partial charge < -0.3 is 9.64 Å². The van der Waals surface area contributed by atoms with Gasteiger partial charge in [0.25, 0.3) is 0 Å². The summed E-state index contributed by atoms with van der Waals surface area (Å²) in [5.41, 5.74) is 2.65. The first-order chi connectivity index (χ1) is 11.1. The summed E-state index contributed by atoms with van der Waals surface area (Å²) in [5, 5.41) is 13.8. The highest BCUT2D eigenvalue weighted by Crippen LogP contribution is 2.42. The van der Waals surface area contributed by atoms with Crippen LogP contribution in [0.25, 0.3) is 0 Å². The molecule has 1 aliphatic heterocycles. The van der Waals surface area contributed by atoms with Crippen molar-refractivity contribution in [2.75, 3.05) is 18.6 Å². The van der Waals surface area contributed by atoms with Gasteiger partial charge in [0.2, 0.25) is 5.88 Å². The Morgan fingerprint density at radius 1 is 1.43 bits per heavy atom. The molecule has 120 valence electrons. The maximum atomic E-state index is 14.0. The quantitative estimate of drug-likeness (QED) is 0.873. The van der Waals surface area contributed by atoms with E-state index < -0.39 is 5.82 Å². The minimum Gasteiger partial charge on any atom is -0.481 e. The Kier molecular flexibility index (Phi) is 3.95. The fourth-order valence-electron chi connectivity index (χ4n) is 3.50. The molecule has 0 N–H and O–H groups in total. The number of nitriles is 1. The monoisotopic (exact) mass is 314 g/mol. The van der Waals surface area contributed by atoms with E-state index in [0.29, 0.717) is 11.6 Å². The molecule has 1 fully saturated rings. The predicted molar refractivity (Wildman–Crippen MR) is 84.9 cm³/mol. The van der Waals surface area contributed by atoms with Crippen molar-refractivity contribution in [1.29, 1.82) is 5.26 Å². The Labute approximate surface area is 134 Å². The predicted octanol–water partition coefficient (Wildman–Crippen LogP) is 3.09. The molecule has 2 aromatic rings. The van der Waals surface area contributed by atoms with Gasteiger partial charge in [-0.1, -0.05) is 6.07 Å². The summed E-state index contributed by atoms with van der Waals surface area (Å²) in [6.07, 6.45) is 1.90. The van der Waals surface area contributed by atoms with Crippen molar-refractivity contribution in [2.24, 2.45) is 7.05 Å². The second-order valence-electron chi connectivity index (χ2n) is 5.73. The molecule has 5 nitrogen and oxygen atoms in total. The van der Waals surface area contributed by atoms with Crippen LogP contribution in [0.1, 0.15) is 35.7 Å². The number of rotatable bonds is 3. The molecule has 0 saturated carbocycles. The summed E-state index contributed by atoms with van der Waals surface area (Å²) in [6, 6.07) is 6.80. The minimum absolute atomic E-state index is 0.0348. The Hall–Kier alpha value is -2.55. The topological polar surface area (TPSA) is 54.1 Å². The van der Waals surface area contributed by atoms with Crippen molar-refractivity contribution in [1.82, 2.24) is 9.78 Å². The third-order valence-electron chi connectivity index (χ3n) is 4.41. The van der Waals surface area contributed by atoms with Crippen molar-refractivity contribution in [3.63, 3.8) is 0 Å². The fraction of sp³-hybridized carbons (Fsp3) is 0.412. The van der Waals surface area contributed by atoms with Crippen molar-refractivity contribution in [3.05, 3.63) is 40.8 Å². The number of halogens is 1. The first kappa shape index (κ1) is 15.3. The van der Waals surface area contributed by atoms with Crippen molar-refractivity contribution >= 4 is 5.69 Å². The van der Waals surface area contributed by atoms with Crippen LogP contribution in [0, 0.1) is 24.1 Å². The van der Waals surface area contributed by atoms with Gasteiger partial charge in [-0.05, 0) is 31.9 Å². The van der Waals surface area contributed by atoms with Crippen LogP contribution in [0.4, 0.5) is 10.1 Å².